The molecule has 10 nitrogen and oxygen atoms in total. The van der Waals surface area contributed by atoms with Gasteiger partial charge in [-0.3, -0.25) is 9.78 Å². The highest BCUT2D eigenvalue weighted by atomic mass is 16.5. The molecule has 3 aromatic rings. The number of ether oxygens (including phenoxy) is 1. The number of hydrogen-bond donors (Lipinski definition) is 2. The maximum absolute atomic E-state index is 13.2. The molecule has 2 fully saturated rings. The Morgan fingerprint density at radius 3 is 2.64 bits per heavy atom. The van der Waals surface area contributed by atoms with E-state index in [4.69, 9.17) is 14.7 Å². The van der Waals surface area contributed by atoms with E-state index >= 15 is 0 Å². The van der Waals surface area contributed by atoms with E-state index in [1.54, 1.807) is 24.5 Å². The minimum absolute atomic E-state index is 0.0387. The number of carbonyl (C=O) groups is 2. The molecule has 1 saturated heterocycles. The zero-order valence-electron chi connectivity index (χ0n) is 22.1. The second-order valence-corrected chi connectivity index (χ2v) is 10.4. The maximum atomic E-state index is 13.2. The van der Waals surface area contributed by atoms with Crippen molar-refractivity contribution in [1.82, 2.24) is 25.2 Å². The van der Waals surface area contributed by atoms with Crippen LogP contribution in [0.2, 0.25) is 0 Å². The molecule has 0 bridgehead atoms. The fourth-order valence-electron chi connectivity index (χ4n) is 5.26. The predicted octanol–water partition coefficient (Wildman–Crippen LogP) is 3.64. The van der Waals surface area contributed by atoms with Gasteiger partial charge >= 0.3 is 6.03 Å². The highest BCUT2D eigenvalue weighted by Crippen LogP contribution is 2.32. The van der Waals surface area contributed by atoms with E-state index in [-0.39, 0.29) is 24.0 Å². The van der Waals surface area contributed by atoms with Crippen molar-refractivity contribution in [2.75, 3.05) is 36.5 Å². The van der Waals surface area contributed by atoms with E-state index in [0.29, 0.717) is 44.1 Å². The number of nitrogens with one attached hydrogen (secondary N) is 2. The Morgan fingerprint density at radius 1 is 1.08 bits per heavy atom. The van der Waals surface area contributed by atoms with Gasteiger partial charge in [0.25, 0.3) is 5.91 Å². The van der Waals surface area contributed by atoms with Gasteiger partial charge in [-0.2, -0.15) is 0 Å². The molecule has 0 radical (unpaired) electrons. The fraction of sp³-hybridized carbons (Fsp3) is 0.414. The number of amides is 3. The molecule has 2 aromatic heterocycles. The predicted molar refractivity (Wildman–Crippen MR) is 148 cm³/mol. The lowest BCUT2D eigenvalue weighted by Gasteiger charge is -2.38. The molecule has 10 heteroatoms. The lowest BCUT2D eigenvalue weighted by molar-refractivity contribution is 0.0731. The second kappa shape index (κ2) is 11.0. The van der Waals surface area contributed by atoms with E-state index in [1.165, 1.54) is 6.42 Å². The molecular weight excluding hydrogens is 494 g/mol. The Kier molecular flexibility index (Phi) is 7.10. The Labute approximate surface area is 227 Å². The van der Waals surface area contributed by atoms with Crippen LogP contribution in [0.3, 0.4) is 0 Å². The maximum Gasteiger partial charge on any atom is 0.319 e. The third-order valence-corrected chi connectivity index (χ3v) is 7.72. The van der Waals surface area contributed by atoms with Gasteiger partial charge in [-0.25, -0.2) is 14.8 Å². The summed E-state index contributed by atoms with van der Waals surface area (Å²) in [5.74, 6) is 1.46. The van der Waals surface area contributed by atoms with E-state index in [0.717, 1.165) is 47.7 Å². The number of rotatable bonds is 5. The van der Waals surface area contributed by atoms with Gasteiger partial charge in [0.15, 0.2) is 5.82 Å². The molecule has 4 heterocycles. The molecule has 1 aromatic carbocycles. The molecule has 0 unspecified atom stereocenters. The van der Waals surface area contributed by atoms with Crippen LogP contribution in [0.5, 0.6) is 0 Å². The van der Waals surface area contributed by atoms with Gasteiger partial charge in [-0.15, -0.1) is 0 Å². The summed E-state index contributed by atoms with van der Waals surface area (Å²) in [4.78, 5) is 43.7. The highest BCUT2D eigenvalue weighted by molar-refractivity contribution is 5.94. The first-order valence-electron chi connectivity index (χ1n) is 13.7. The van der Waals surface area contributed by atoms with E-state index in [9.17, 15) is 9.59 Å². The minimum Gasteiger partial charge on any atom is -0.377 e. The summed E-state index contributed by atoms with van der Waals surface area (Å²) < 4.78 is 5.69. The smallest absolute Gasteiger partial charge is 0.319 e. The zero-order valence-corrected chi connectivity index (χ0v) is 22.1. The molecule has 0 spiro atoms. The summed E-state index contributed by atoms with van der Waals surface area (Å²) in [6, 6.07) is 11.5. The molecule has 3 amide bonds. The number of benzene rings is 1. The van der Waals surface area contributed by atoms with Crippen molar-refractivity contribution in [3.05, 3.63) is 65.6 Å². The van der Waals surface area contributed by atoms with Crippen LogP contribution >= 0.6 is 0 Å². The molecule has 2 aliphatic heterocycles. The van der Waals surface area contributed by atoms with Crippen molar-refractivity contribution >= 4 is 23.4 Å². The molecule has 2 N–H and O–H groups in total. The SMILES string of the molecule is C[C@H]1COCCN1c1nc(-c2ccc(NC(=O)NC3CCC3)cc2)nc2c1CN(C(=O)c1cccnc1)CC2. The topological polar surface area (TPSA) is 113 Å². The number of nitrogens with zero attached hydrogens (tertiary/aromatic N) is 5. The van der Waals surface area contributed by atoms with Crippen LogP contribution in [-0.4, -0.2) is 70.2 Å². The highest BCUT2D eigenvalue weighted by Gasteiger charge is 2.31. The Bertz CT molecular complexity index is 1340. The number of morpholine rings is 1. The van der Waals surface area contributed by atoms with Crippen molar-refractivity contribution in [2.45, 2.75) is 51.2 Å². The monoisotopic (exact) mass is 527 g/mol. The van der Waals surface area contributed by atoms with Gasteiger partial charge < -0.3 is 25.2 Å². The Balaban J connectivity index is 1.27. The number of urea groups is 1. The summed E-state index contributed by atoms with van der Waals surface area (Å²) in [5.41, 5.74) is 4.13. The molecule has 1 aliphatic carbocycles. The molecule has 1 saturated carbocycles. The minimum atomic E-state index is -0.175. The van der Waals surface area contributed by atoms with Crippen molar-refractivity contribution in [3.63, 3.8) is 0 Å². The fourth-order valence-corrected chi connectivity index (χ4v) is 5.26. The number of fused-ring (bicyclic) bond motifs is 1. The quantitative estimate of drug-likeness (QED) is 0.521. The standard InChI is InChI=1S/C29H33N7O3/c1-19-18-39-15-14-36(19)27-24-17-35(28(37)21-4-3-12-30-16-21)13-11-25(24)33-26(34-27)20-7-9-23(10-8-20)32-29(38)31-22-5-2-6-22/h3-4,7-10,12,16,19,22H,2,5-6,11,13-15,17-18H2,1H3,(H2,31,32,38)/t19-/m0/s1. The number of pyridine rings is 1. The number of anilines is 2. The molecular formula is C29H33N7O3. The first kappa shape index (κ1) is 25.2. The summed E-state index contributed by atoms with van der Waals surface area (Å²) >= 11 is 0. The summed E-state index contributed by atoms with van der Waals surface area (Å²) in [7, 11) is 0. The van der Waals surface area contributed by atoms with Crippen LogP contribution in [0.25, 0.3) is 11.4 Å². The second-order valence-electron chi connectivity index (χ2n) is 10.4. The van der Waals surface area contributed by atoms with E-state index in [2.05, 4.69) is 27.4 Å². The van der Waals surface area contributed by atoms with Crippen LogP contribution in [-0.2, 0) is 17.7 Å². The first-order valence-corrected chi connectivity index (χ1v) is 13.7. The lowest BCUT2D eigenvalue weighted by Crippen LogP contribution is -2.46. The van der Waals surface area contributed by atoms with Crippen molar-refractivity contribution in [3.8, 4) is 11.4 Å². The summed E-state index contributed by atoms with van der Waals surface area (Å²) in [6.07, 6.45) is 7.18. The number of hydrogen-bond acceptors (Lipinski definition) is 7. The summed E-state index contributed by atoms with van der Waals surface area (Å²) in [5, 5.41) is 5.91. The largest absolute Gasteiger partial charge is 0.377 e. The number of carbonyl (C=O) groups excluding carboxylic acids is 2. The number of aromatic nitrogens is 3. The molecule has 1 atom stereocenters. The molecule has 3 aliphatic rings. The Morgan fingerprint density at radius 2 is 1.92 bits per heavy atom. The van der Waals surface area contributed by atoms with Gasteiger partial charge in [0.2, 0.25) is 0 Å². The van der Waals surface area contributed by atoms with Crippen LogP contribution in [0.1, 0.15) is 47.8 Å². The van der Waals surface area contributed by atoms with Crippen LogP contribution in [0.4, 0.5) is 16.3 Å². The summed E-state index contributed by atoms with van der Waals surface area (Å²) in [6.45, 7) is 5.12. The van der Waals surface area contributed by atoms with E-state index in [1.807, 2.05) is 29.2 Å². The normalized spacial score (nSPS) is 19.2. The van der Waals surface area contributed by atoms with Gasteiger partial charge in [0.1, 0.15) is 5.82 Å². The molecule has 6 rings (SSSR count). The van der Waals surface area contributed by atoms with Gasteiger partial charge in [-0.05, 0) is 62.6 Å². The lowest BCUT2D eigenvalue weighted by atomic mass is 9.93. The molecule has 39 heavy (non-hydrogen) atoms. The van der Waals surface area contributed by atoms with Crippen LogP contribution in [0.15, 0.2) is 48.8 Å². The van der Waals surface area contributed by atoms with Gasteiger partial charge in [0, 0.05) is 54.8 Å². The van der Waals surface area contributed by atoms with Gasteiger partial charge in [0.05, 0.1) is 37.1 Å². The van der Waals surface area contributed by atoms with Crippen molar-refractivity contribution in [2.24, 2.45) is 0 Å². The average Bonchev–Trinajstić information content (AvgIpc) is 2.95. The Hall–Kier alpha value is -4.05. The van der Waals surface area contributed by atoms with Crippen molar-refractivity contribution in [1.29, 1.82) is 0 Å². The van der Waals surface area contributed by atoms with Crippen LogP contribution < -0.4 is 15.5 Å². The third-order valence-electron chi connectivity index (χ3n) is 7.72. The molecule has 202 valence electrons. The zero-order chi connectivity index (χ0) is 26.8. The average molecular weight is 528 g/mol. The van der Waals surface area contributed by atoms with Crippen LogP contribution in [0, 0.1) is 0 Å². The van der Waals surface area contributed by atoms with Gasteiger partial charge in [-0.1, -0.05) is 0 Å². The third kappa shape index (κ3) is 5.42. The first-order chi connectivity index (χ1) is 19.0. The van der Waals surface area contributed by atoms with E-state index < -0.39 is 0 Å². The van der Waals surface area contributed by atoms with Crippen molar-refractivity contribution < 1.29 is 14.3 Å².